The summed E-state index contributed by atoms with van der Waals surface area (Å²) >= 11 is 0. The molecule has 0 saturated heterocycles. The molecule has 140 valence electrons. The Morgan fingerprint density at radius 2 is 1.64 bits per heavy atom. The van der Waals surface area contributed by atoms with Gasteiger partial charge in [-0.3, -0.25) is 9.59 Å². The first-order valence-electron chi connectivity index (χ1n) is 8.78. The predicted octanol–water partition coefficient (Wildman–Crippen LogP) is 4.23. The maximum Gasteiger partial charge on any atom is 0.257 e. The lowest BCUT2D eigenvalue weighted by Crippen LogP contribution is -2.18. The largest absolute Gasteiger partial charge is 0.454 e. The van der Waals surface area contributed by atoms with Crippen LogP contribution in [-0.2, 0) is 0 Å². The van der Waals surface area contributed by atoms with E-state index in [2.05, 4.69) is 10.6 Å². The molecule has 0 spiro atoms. The Bertz CT molecular complexity index is 1060. The fraction of sp³-hybridized carbons (Fsp3) is 0.0909. The van der Waals surface area contributed by atoms with E-state index in [1.54, 1.807) is 54.6 Å². The molecule has 6 heteroatoms. The summed E-state index contributed by atoms with van der Waals surface area (Å²) in [5.74, 6) is 0.619. The number of rotatable bonds is 4. The first-order chi connectivity index (χ1) is 13.6. The molecule has 3 aromatic rings. The van der Waals surface area contributed by atoms with E-state index in [-0.39, 0.29) is 18.6 Å². The molecule has 0 unspecified atom stereocenters. The Balaban J connectivity index is 1.53. The standard InChI is InChI=1S/C22H18N2O4/c1-14-5-4-6-15(11-14)21(25)24-18-8-3-2-7-17(18)22(26)23-16-9-10-19-20(12-16)28-13-27-19/h2-12H,13H2,1H3,(H,23,26)(H,24,25). The summed E-state index contributed by atoms with van der Waals surface area (Å²) in [6.07, 6.45) is 0. The predicted molar refractivity (Wildman–Crippen MR) is 106 cm³/mol. The van der Waals surface area contributed by atoms with Crippen molar-refractivity contribution < 1.29 is 19.1 Å². The minimum atomic E-state index is -0.334. The van der Waals surface area contributed by atoms with Crippen molar-refractivity contribution in [3.63, 3.8) is 0 Å². The lowest BCUT2D eigenvalue weighted by Gasteiger charge is -2.12. The number of aryl methyl sites for hydroxylation is 1. The third-order valence-electron chi connectivity index (χ3n) is 4.33. The molecule has 28 heavy (non-hydrogen) atoms. The van der Waals surface area contributed by atoms with Crippen LogP contribution in [0.4, 0.5) is 11.4 Å². The zero-order chi connectivity index (χ0) is 19.5. The van der Waals surface area contributed by atoms with Crippen LogP contribution in [0.3, 0.4) is 0 Å². The zero-order valence-electron chi connectivity index (χ0n) is 15.2. The fourth-order valence-corrected chi connectivity index (χ4v) is 2.94. The van der Waals surface area contributed by atoms with Crippen LogP contribution >= 0.6 is 0 Å². The van der Waals surface area contributed by atoms with Gasteiger partial charge in [-0.25, -0.2) is 0 Å². The Morgan fingerprint density at radius 1 is 0.821 bits per heavy atom. The molecule has 0 aromatic heterocycles. The van der Waals surface area contributed by atoms with E-state index in [1.165, 1.54) is 0 Å². The summed E-state index contributed by atoms with van der Waals surface area (Å²) in [4.78, 5) is 25.3. The Morgan fingerprint density at radius 3 is 2.50 bits per heavy atom. The molecule has 0 radical (unpaired) electrons. The molecular formula is C22H18N2O4. The smallest absolute Gasteiger partial charge is 0.257 e. The van der Waals surface area contributed by atoms with Gasteiger partial charge in [0, 0.05) is 17.3 Å². The number of anilines is 2. The molecule has 0 aliphatic carbocycles. The van der Waals surface area contributed by atoms with Crippen molar-refractivity contribution in [2.45, 2.75) is 6.92 Å². The van der Waals surface area contributed by atoms with Gasteiger partial charge in [0.1, 0.15) is 0 Å². The third kappa shape index (κ3) is 3.66. The van der Waals surface area contributed by atoms with Crippen LogP contribution in [0.2, 0.25) is 0 Å². The molecule has 0 saturated carbocycles. The first-order valence-corrected chi connectivity index (χ1v) is 8.78. The van der Waals surface area contributed by atoms with Gasteiger partial charge in [0.2, 0.25) is 6.79 Å². The van der Waals surface area contributed by atoms with E-state index < -0.39 is 0 Å². The number of amides is 2. The SMILES string of the molecule is Cc1cccc(C(=O)Nc2ccccc2C(=O)Nc2ccc3c(c2)OCO3)c1. The highest BCUT2D eigenvalue weighted by atomic mass is 16.7. The van der Waals surface area contributed by atoms with Crippen LogP contribution in [-0.4, -0.2) is 18.6 Å². The van der Waals surface area contributed by atoms with Crippen molar-refractivity contribution in [2.75, 3.05) is 17.4 Å². The van der Waals surface area contributed by atoms with Crippen molar-refractivity contribution in [3.05, 3.63) is 83.4 Å². The van der Waals surface area contributed by atoms with Crippen LogP contribution in [0.1, 0.15) is 26.3 Å². The van der Waals surface area contributed by atoms with Crippen LogP contribution < -0.4 is 20.1 Å². The number of carbonyl (C=O) groups is 2. The number of benzene rings is 3. The fourth-order valence-electron chi connectivity index (χ4n) is 2.94. The minimum absolute atomic E-state index is 0.167. The van der Waals surface area contributed by atoms with Gasteiger partial charge in [0.15, 0.2) is 11.5 Å². The summed E-state index contributed by atoms with van der Waals surface area (Å²) in [6.45, 7) is 2.09. The highest BCUT2D eigenvalue weighted by molar-refractivity contribution is 6.12. The van der Waals surface area contributed by atoms with E-state index in [9.17, 15) is 9.59 Å². The third-order valence-corrected chi connectivity index (χ3v) is 4.33. The van der Waals surface area contributed by atoms with Crippen molar-refractivity contribution in [1.82, 2.24) is 0 Å². The highest BCUT2D eigenvalue weighted by Crippen LogP contribution is 2.34. The van der Waals surface area contributed by atoms with Gasteiger partial charge in [-0.2, -0.15) is 0 Å². The second-order valence-corrected chi connectivity index (χ2v) is 6.39. The van der Waals surface area contributed by atoms with Gasteiger partial charge in [0.25, 0.3) is 11.8 Å². The van der Waals surface area contributed by atoms with Gasteiger partial charge in [-0.15, -0.1) is 0 Å². The van der Waals surface area contributed by atoms with E-state index >= 15 is 0 Å². The number of carbonyl (C=O) groups excluding carboxylic acids is 2. The summed E-state index contributed by atoms with van der Waals surface area (Å²) in [7, 11) is 0. The molecule has 2 N–H and O–H groups in total. The quantitative estimate of drug-likeness (QED) is 0.717. The number of hydrogen-bond acceptors (Lipinski definition) is 4. The van der Waals surface area contributed by atoms with Crippen molar-refractivity contribution in [3.8, 4) is 11.5 Å². The van der Waals surface area contributed by atoms with Gasteiger partial charge in [-0.1, -0.05) is 29.8 Å². The lowest BCUT2D eigenvalue weighted by atomic mass is 10.1. The van der Waals surface area contributed by atoms with Crippen LogP contribution in [0.15, 0.2) is 66.7 Å². The Kier molecular flexibility index (Phi) is 4.68. The van der Waals surface area contributed by atoms with Crippen LogP contribution in [0.25, 0.3) is 0 Å². The molecule has 1 aliphatic rings. The molecule has 3 aromatic carbocycles. The molecule has 4 rings (SSSR count). The van der Waals surface area contributed by atoms with Crippen molar-refractivity contribution in [2.24, 2.45) is 0 Å². The maximum atomic E-state index is 12.8. The lowest BCUT2D eigenvalue weighted by molar-refractivity contribution is 0.102. The monoisotopic (exact) mass is 374 g/mol. The number of para-hydroxylation sites is 1. The van der Waals surface area contributed by atoms with E-state index in [1.807, 2.05) is 19.1 Å². The van der Waals surface area contributed by atoms with E-state index in [0.717, 1.165) is 5.56 Å². The summed E-state index contributed by atoms with van der Waals surface area (Å²) in [6, 6.07) is 19.3. The zero-order valence-corrected chi connectivity index (χ0v) is 15.2. The molecular weight excluding hydrogens is 356 g/mol. The van der Waals surface area contributed by atoms with Crippen molar-refractivity contribution in [1.29, 1.82) is 0 Å². The van der Waals surface area contributed by atoms with Gasteiger partial charge >= 0.3 is 0 Å². The van der Waals surface area contributed by atoms with Gasteiger partial charge in [0.05, 0.1) is 11.3 Å². The second kappa shape index (κ2) is 7.44. The first kappa shape index (κ1) is 17.6. The Labute approximate surface area is 162 Å². The number of fused-ring (bicyclic) bond motifs is 1. The van der Waals surface area contributed by atoms with E-state index in [0.29, 0.717) is 34.0 Å². The molecule has 1 heterocycles. The summed E-state index contributed by atoms with van der Waals surface area (Å²) < 4.78 is 10.6. The number of hydrogen-bond donors (Lipinski definition) is 2. The van der Waals surface area contributed by atoms with Crippen LogP contribution in [0.5, 0.6) is 11.5 Å². The number of ether oxygens (including phenoxy) is 2. The van der Waals surface area contributed by atoms with Gasteiger partial charge in [-0.05, 0) is 43.3 Å². The van der Waals surface area contributed by atoms with Crippen molar-refractivity contribution >= 4 is 23.2 Å². The summed E-state index contributed by atoms with van der Waals surface area (Å²) in [5.41, 5.74) is 2.90. The average molecular weight is 374 g/mol. The second-order valence-electron chi connectivity index (χ2n) is 6.39. The molecule has 2 amide bonds. The Hall–Kier alpha value is -3.80. The average Bonchev–Trinajstić information content (AvgIpc) is 3.16. The summed E-state index contributed by atoms with van der Waals surface area (Å²) in [5, 5.41) is 5.64. The van der Waals surface area contributed by atoms with E-state index in [4.69, 9.17) is 9.47 Å². The van der Waals surface area contributed by atoms with Crippen LogP contribution in [0, 0.1) is 6.92 Å². The normalized spacial score (nSPS) is 11.8. The number of nitrogens with one attached hydrogen (secondary N) is 2. The molecule has 0 atom stereocenters. The maximum absolute atomic E-state index is 12.8. The van der Waals surface area contributed by atoms with Gasteiger partial charge < -0.3 is 20.1 Å². The molecule has 1 aliphatic heterocycles. The minimum Gasteiger partial charge on any atom is -0.454 e. The molecule has 0 fully saturated rings. The topological polar surface area (TPSA) is 76.7 Å². The highest BCUT2D eigenvalue weighted by Gasteiger charge is 2.17. The molecule has 6 nitrogen and oxygen atoms in total. The molecule has 0 bridgehead atoms.